The fourth-order valence-electron chi connectivity index (χ4n) is 2.52. The third kappa shape index (κ3) is 5.24. The number of benzene rings is 2. The number of halogens is 3. The first-order valence-electron chi connectivity index (χ1n) is 8.43. The van der Waals surface area contributed by atoms with E-state index in [1.165, 1.54) is 6.07 Å². The summed E-state index contributed by atoms with van der Waals surface area (Å²) in [5, 5.41) is -0.509. The van der Waals surface area contributed by atoms with Gasteiger partial charge in [0.05, 0.1) is 10.8 Å². The zero-order valence-electron chi connectivity index (χ0n) is 14.7. The molecule has 2 rings (SSSR count). The minimum absolute atomic E-state index is 0.393. The van der Waals surface area contributed by atoms with Crippen molar-refractivity contribution in [2.45, 2.75) is 44.5 Å². The second-order valence-electron chi connectivity index (χ2n) is 6.26. The second kappa shape index (κ2) is 8.12. The molecular formula is C19H22F3NO2S. The molecule has 142 valence electrons. The van der Waals surface area contributed by atoms with E-state index in [1.54, 1.807) is 37.3 Å². The highest BCUT2D eigenvalue weighted by atomic mass is 32.2. The molecule has 0 fully saturated rings. The van der Waals surface area contributed by atoms with Crippen molar-refractivity contribution in [2.24, 2.45) is 0 Å². The van der Waals surface area contributed by atoms with Crippen LogP contribution < -0.4 is 4.72 Å². The van der Waals surface area contributed by atoms with Crippen LogP contribution in [0.15, 0.2) is 48.5 Å². The van der Waals surface area contributed by atoms with Crippen molar-refractivity contribution in [3.8, 4) is 11.1 Å². The summed E-state index contributed by atoms with van der Waals surface area (Å²) in [5.74, 6) is 0. The lowest BCUT2D eigenvalue weighted by molar-refractivity contribution is -0.137. The Bertz CT molecular complexity index is 831. The molecule has 0 aromatic heterocycles. The number of sulfonamides is 1. The van der Waals surface area contributed by atoms with Crippen LogP contribution in [0.5, 0.6) is 0 Å². The lowest BCUT2D eigenvalue weighted by Gasteiger charge is -2.15. The number of unbranched alkanes of at least 4 members (excludes halogenated alkanes) is 1. The molecule has 0 heterocycles. The molecule has 26 heavy (non-hydrogen) atoms. The average Bonchev–Trinajstić information content (AvgIpc) is 2.59. The molecule has 1 unspecified atom stereocenters. The van der Waals surface area contributed by atoms with Crippen LogP contribution in [-0.4, -0.2) is 13.7 Å². The van der Waals surface area contributed by atoms with E-state index >= 15 is 0 Å². The minimum atomic E-state index is -4.40. The Labute approximate surface area is 152 Å². The van der Waals surface area contributed by atoms with E-state index < -0.39 is 27.0 Å². The lowest BCUT2D eigenvalue weighted by atomic mass is 10.0. The summed E-state index contributed by atoms with van der Waals surface area (Å²) in [6, 6.07) is 11.3. The molecule has 2 aromatic rings. The third-order valence-electron chi connectivity index (χ3n) is 4.16. The first-order chi connectivity index (χ1) is 12.1. The van der Waals surface area contributed by atoms with Gasteiger partial charge >= 0.3 is 6.18 Å². The van der Waals surface area contributed by atoms with Crippen LogP contribution in [0.2, 0.25) is 0 Å². The normalized spacial score (nSPS) is 13.4. The Kier molecular flexibility index (Phi) is 6.34. The van der Waals surface area contributed by atoms with Crippen molar-refractivity contribution < 1.29 is 21.6 Å². The summed E-state index contributed by atoms with van der Waals surface area (Å²) in [6.07, 6.45) is -2.07. The Hall–Kier alpha value is -2.02. The summed E-state index contributed by atoms with van der Waals surface area (Å²) in [5.41, 5.74) is 0.678. The summed E-state index contributed by atoms with van der Waals surface area (Å²) in [7, 11) is -3.49. The highest BCUT2D eigenvalue weighted by Crippen LogP contribution is 2.32. The molecule has 0 spiro atoms. The van der Waals surface area contributed by atoms with Crippen LogP contribution in [0.3, 0.4) is 0 Å². The van der Waals surface area contributed by atoms with E-state index in [9.17, 15) is 21.6 Å². The summed E-state index contributed by atoms with van der Waals surface area (Å²) in [6.45, 7) is 3.66. The SMILES string of the molecule is CCCCC(C)S(=O)(=O)Nc1ccc(-c2cccc(C(F)(F)F)c2)cc1. The molecule has 0 aliphatic heterocycles. The highest BCUT2D eigenvalue weighted by Gasteiger charge is 2.30. The van der Waals surface area contributed by atoms with Gasteiger partial charge in [-0.2, -0.15) is 13.2 Å². The van der Waals surface area contributed by atoms with Gasteiger partial charge in [0.1, 0.15) is 0 Å². The Morgan fingerprint density at radius 2 is 1.69 bits per heavy atom. The fourth-order valence-corrected chi connectivity index (χ4v) is 3.66. The average molecular weight is 385 g/mol. The van der Waals surface area contributed by atoms with E-state index in [2.05, 4.69) is 4.72 Å². The molecule has 2 aromatic carbocycles. The Balaban J connectivity index is 2.16. The maximum atomic E-state index is 12.8. The van der Waals surface area contributed by atoms with Gasteiger partial charge in [-0.25, -0.2) is 8.42 Å². The van der Waals surface area contributed by atoms with Crippen molar-refractivity contribution in [1.29, 1.82) is 0 Å². The Morgan fingerprint density at radius 1 is 1.04 bits per heavy atom. The third-order valence-corrected chi connectivity index (χ3v) is 5.98. The van der Waals surface area contributed by atoms with Gasteiger partial charge in [0.15, 0.2) is 0 Å². The molecule has 0 aliphatic carbocycles. The van der Waals surface area contributed by atoms with Gasteiger partial charge in [0.2, 0.25) is 10.0 Å². The van der Waals surface area contributed by atoms with E-state index in [-0.39, 0.29) is 0 Å². The zero-order valence-corrected chi connectivity index (χ0v) is 15.5. The summed E-state index contributed by atoms with van der Waals surface area (Å²) < 4.78 is 65.6. The monoisotopic (exact) mass is 385 g/mol. The number of anilines is 1. The first-order valence-corrected chi connectivity index (χ1v) is 9.97. The number of alkyl halides is 3. The number of nitrogens with one attached hydrogen (secondary N) is 1. The number of hydrogen-bond acceptors (Lipinski definition) is 2. The van der Waals surface area contributed by atoms with Gasteiger partial charge in [0, 0.05) is 5.69 Å². The van der Waals surface area contributed by atoms with E-state index in [4.69, 9.17) is 0 Å². The van der Waals surface area contributed by atoms with E-state index in [1.807, 2.05) is 6.92 Å². The van der Waals surface area contributed by atoms with Crippen LogP contribution >= 0.6 is 0 Å². The van der Waals surface area contributed by atoms with Gasteiger partial charge in [0.25, 0.3) is 0 Å². The van der Waals surface area contributed by atoms with Gasteiger partial charge in [-0.3, -0.25) is 4.72 Å². The quantitative estimate of drug-likeness (QED) is 0.665. The Morgan fingerprint density at radius 3 is 2.27 bits per heavy atom. The van der Waals surface area contributed by atoms with Crippen molar-refractivity contribution in [3.05, 3.63) is 54.1 Å². The molecule has 0 bridgehead atoms. The molecule has 0 saturated heterocycles. The molecule has 7 heteroatoms. The highest BCUT2D eigenvalue weighted by molar-refractivity contribution is 7.93. The fraction of sp³-hybridized carbons (Fsp3) is 0.368. The molecule has 0 saturated carbocycles. The van der Waals surface area contributed by atoms with Crippen LogP contribution in [-0.2, 0) is 16.2 Å². The second-order valence-corrected chi connectivity index (χ2v) is 8.35. The van der Waals surface area contributed by atoms with Crippen LogP contribution in [0, 0.1) is 0 Å². The predicted molar refractivity (Wildman–Crippen MR) is 98.4 cm³/mol. The standard InChI is InChI=1S/C19H22F3NO2S/c1-3-4-6-14(2)26(24,25)23-18-11-9-15(10-12-18)16-7-5-8-17(13-16)19(20,21)22/h5,7-14,23H,3-4,6H2,1-2H3. The number of hydrogen-bond donors (Lipinski definition) is 1. The summed E-state index contributed by atoms with van der Waals surface area (Å²) >= 11 is 0. The van der Waals surface area contributed by atoms with Crippen molar-refractivity contribution in [2.75, 3.05) is 4.72 Å². The minimum Gasteiger partial charge on any atom is -0.283 e. The van der Waals surface area contributed by atoms with Crippen LogP contribution in [0.4, 0.5) is 18.9 Å². The first kappa shape index (κ1) is 20.3. The maximum absolute atomic E-state index is 12.8. The van der Waals surface area contributed by atoms with Crippen molar-refractivity contribution in [1.82, 2.24) is 0 Å². The smallest absolute Gasteiger partial charge is 0.283 e. The topological polar surface area (TPSA) is 46.2 Å². The van der Waals surface area contributed by atoms with E-state index in [0.717, 1.165) is 25.0 Å². The number of rotatable bonds is 7. The predicted octanol–water partition coefficient (Wildman–Crippen LogP) is 5.69. The van der Waals surface area contributed by atoms with Crippen molar-refractivity contribution in [3.63, 3.8) is 0 Å². The largest absolute Gasteiger partial charge is 0.416 e. The van der Waals surface area contributed by atoms with Crippen LogP contribution in [0.25, 0.3) is 11.1 Å². The van der Waals surface area contributed by atoms with Crippen molar-refractivity contribution >= 4 is 15.7 Å². The van der Waals surface area contributed by atoms with Crippen LogP contribution in [0.1, 0.15) is 38.7 Å². The maximum Gasteiger partial charge on any atom is 0.416 e. The molecular weight excluding hydrogens is 363 g/mol. The molecule has 3 nitrogen and oxygen atoms in total. The molecule has 1 atom stereocenters. The molecule has 0 aliphatic rings. The summed E-state index contributed by atoms with van der Waals surface area (Å²) in [4.78, 5) is 0. The van der Waals surface area contributed by atoms with Gasteiger partial charge in [-0.05, 0) is 48.7 Å². The van der Waals surface area contributed by atoms with Gasteiger partial charge in [-0.15, -0.1) is 0 Å². The molecule has 1 N–H and O–H groups in total. The van der Waals surface area contributed by atoms with Gasteiger partial charge < -0.3 is 0 Å². The lowest BCUT2D eigenvalue weighted by Crippen LogP contribution is -2.25. The zero-order chi connectivity index (χ0) is 19.4. The van der Waals surface area contributed by atoms with Gasteiger partial charge in [-0.1, -0.05) is 44.0 Å². The molecule has 0 amide bonds. The van der Waals surface area contributed by atoms with E-state index in [0.29, 0.717) is 23.2 Å². The molecule has 0 radical (unpaired) electrons.